The molecule has 2 aliphatic rings. The number of carbonyl (C=O) groups is 2. The van der Waals surface area contributed by atoms with Gasteiger partial charge >= 0.3 is 6.09 Å². The SMILES string of the molecule is Cc1nc2c3c(cnc2c(C)c1Br)N(C)C(=O)[C@H]1CN(C(=O)OC(C)(C)C)CCN31. The summed E-state index contributed by atoms with van der Waals surface area (Å²) in [7, 11) is 1.75. The summed E-state index contributed by atoms with van der Waals surface area (Å²) in [6.45, 7) is 10.7. The molecule has 0 aromatic carbocycles. The second-order valence-corrected chi connectivity index (χ2v) is 9.65. The number of hydrogen-bond donors (Lipinski definition) is 0. The van der Waals surface area contributed by atoms with E-state index in [9.17, 15) is 9.59 Å². The summed E-state index contributed by atoms with van der Waals surface area (Å²) in [4.78, 5) is 40.5. The molecular formula is C21H26BrN5O3. The number of carbonyl (C=O) groups excluding carboxylic acids is 2. The molecule has 2 aliphatic heterocycles. The van der Waals surface area contributed by atoms with Gasteiger partial charge in [-0.25, -0.2) is 9.78 Å². The van der Waals surface area contributed by atoms with Gasteiger partial charge in [0, 0.05) is 24.6 Å². The number of aryl methyl sites for hydroxylation is 2. The molecule has 160 valence electrons. The van der Waals surface area contributed by atoms with Gasteiger partial charge in [-0.1, -0.05) is 0 Å². The molecule has 1 atom stereocenters. The summed E-state index contributed by atoms with van der Waals surface area (Å²) in [6.07, 6.45) is 1.35. The molecule has 0 unspecified atom stereocenters. The van der Waals surface area contributed by atoms with Crippen molar-refractivity contribution >= 4 is 50.3 Å². The quantitative estimate of drug-likeness (QED) is 0.580. The molecule has 0 N–H and O–H groups in total. The molecule has 0 aliphatic carbocycles. The zero-order chi connectivity index (χ0) is 22.0. The molecule has 2 amide bonds. The van der Waals surface area contributed by atoms with E-state index in [2.05, 4.69) is 25.8 Å². The highest BCUT2D eigenvalue weighted by Gasteiger charge is 2.43. The van der Waals surface area contributed by atoms with Crippen molar-refractivity contribution in [1.29, 1.82) is 0 Å². The van der Waals surface area contributed by atoms with Crippen LogP contribution in [-0.4, -0.2) is 65.2 Å². The van der Waals surface area contributed by atoms with Crippen molar-refractivity contribution in [3.05, 3.63) is 21.9 Å². The van der Waals surface area contributed by atoms with Gasteiger partial charge in [0.1, 0.15) is 17.2 Å². The summed E-state index contributed by atoms with van der Waals surface area (Å²) in [6, 6.07) is -0.486. The summed E-state index contributed by atoms with van der Waals surface area (Å²) < 4.78 is 6.46. The minimum absolute atomic E-state index is 0.0672. The lowest BCUT2D eigenvalue weighted by atomic mass is 10.0. The van der Waals surface area contributed by atoms with Gasteiger partial charge in [0.2, 0.25) is 0 Å². The molecule has 9 heteroatoms. The van der Waals surface area contributed by atoms with Crippen LogP contribution in [0.3, 0.4) is 0 Å². The van der Waals surface area contributed by atoms with E-state index in [1.54, 1.807) is 23.0 Å². The second kappa shape index (κ2) is 7.08. The van der Waals surface area contributed by atoms with Gasteiger partial charge in [0.05, 0.1) is 35.3 Å². The van der Waals surface area contributed by atoms with Crippen LogP contribution in [0.15, 0.2) is 10.7 Å². The normalized spacial score (nSPS) is 19.1. The Morgan fingerprint density at radius 3 is 2.60 bits per heavy atom. The Balaban J connectivity index is 1.78. The van der Waals surface area contributed by atoms with Crippen molar-refractivity contribution < 1.29 is 14.3 Å². The predicted octanol–water partition coefficient (Wildman–Crippen LogP) is 3.41. The number of aromatic nitrogens is 2. The van der Waals surface area contributed by atoms with Crippen LogP contribution < -0.4 is 9.80 Å². The maximum Gasteiger partial charge on any atom is 0.410 e. The number of fused-ring (bicyclic) bond motifs is 5. The van der Waals surface area contributed by atoms with Crippen LogP contribution in [0.5, 0.6) is 0 Å². The number of hydrogen-bond acceptors (Lipinski definition) is 6. The number of anilines is 2. The number of pyridine rings is 2. The Morgan fingerprint density at radius 2 is 1.93 bits per heavy atom. The third kappa shape index (κ3) is 3.29. The number of likely N-dealkylation sites (N-methyl/N-ethyl adjacent to an activating group) is 1. The Hall–Kier alpha value is -2.42. The Bertz CT molecular complexity index is 1070. The first-order chi connectivity index (χ1) is 14.0. The van der Waals surface area contributed by atoms with Crippen LogP contribution in [0.4, 0.5) is 16.2 Å². The number of piperazine rings is 1. The average molecular weight is 476 g/mol. The number of amides is 2. The zero-order valence-corrected chi connectivity index (χ0v) is 19.7. The van der Waals surface area contributed by atoms with Gasteiger partial charge in [0.25, 0.3) is 5.91 Å². The Morgan fingerprint density at radius 1 is 1.23 bits per heavy atom. The fraction of sp³-hybridized carbons (Fsp3) is 0.524. The lowest BCUT2D eigenvalue weighted by Crippen LogP contribution is -2.63. The standard InChI is InChI=1S/C21H26BrN5O3/c1-11-15(22)12(2)24-17-16(11)23-9-13-18(17)27-8-7-26(20(29)30-21(3,4)5)10-14(27)19(28)25(13)6/h9,14H,7-8,10H2,1-6H3/t14-/m1/s1. The molecule has 2 aromatic rings. The molecule has 4 heterocycles. The van der Waals surface area contributed by atoms with Crippen molar-refractivity contribution in [3.63, 3.8) is 0 Å². The van der Waals surface area contributed by atoms with Crippen LogP contribution in [0.1, 0.15) is 32.0 Å². The fourth-order valence-electron chi connectivity index (χ4n) is 4.08. The lowest BCUT2D eigenvalue weighted by molar-refractivity contribution is -0.120. The van der Waals surface area contributed by atoms with Gasteiger partial charge in [-0.3, -0.25) is 9.78 Å². The highest BCUT2D eigenvalue weighted by molar-refractivity contribution is 9.10. The van der Waals surface area contributed by atoms with Crippen molar-refractivity contribution in [2.75, 3.05) is 36.5 Å². The first-order valence-corrected chi connectivity index (χ1v) is 10.8. The molecule has 1 saturated heterocycles. The predicted molar refractivity (Wildman–Crippen MR) is 119 cm³/mol. The molecule has 0 saturated carbocycles. The molecular weight excluding hydrogens is 450 g/mol. The van der Waals surface area contributed by atoms with Crippen LogP contribution >= 0.6 is 15.9 Å². The third-order valence-corrected chi connectivity index (χ3v) is 6.75. The van der Waals surface area contributed by atoms with Gasteiger partial charge in [-0.2, -0.15) is 0 Å². The van der Waals surface area contributed by atoms with E-state index in [-0.39, 0.29) is 12.5 Å². The number of nitrogens with zero attached hydrogens (tertiary/aromatic N) is 5. The summed E-state index contributed by atoms with van der Waals surface area (Å²) in [5.41, 5.74) is 4.53. The van der Waals surface area contributed by atoms with Crippen LogP contribution in [0.2, 0.25) is 0 Å². The molecule has 1 fully saturated rings. The lowest BCUT2D eigenvalue weighted by Gasteiger charge is -2.47. The molecule has 0 radical (unpaired) electrons. The molecule has 8 nitrogen and oxygen atoms in total. The first kappa shape index (κ1) is 20.8. The smallest absolute Gasteiger partial charge is 0.410 e. The van der Waals surface area contributed by atoms with E-state index < -0.39 is 17.7 Å². The van der Waals surface area contributed by atoms with Gasteiger partial charge in [-0.05, 0) is 56.1 Å². The molecule has 30 heavy (non-hydrogen) atoms. The second-order valence-electron chi connectivity index (χ2n) is 8.86. The summed E-state index contributed by atoms with van der Waals surface area (Å²) in [5, 5.41) is 0. The van der Waals surface area contributed by atoms with E-state index in [0.717, 1.165) is 38.1 Å². The number of halogens is 1. The van der Waals surface area contributed by atoms with E-state index >= 15 is 0 Å². The van der Waals surface area contributed by atoms with Crippen molar-refractivity contribution in [3.8, 4) is 0 Å². The number of rotatable bonds is 0. The maximum absolute atomic E-state index is 13.1. The van der Waals surface area contributed by atoms with Crippen molar-refractivity contribution in [2.45, 2.75) is 46.3 Å². The number of ether oxygens (including phenoxy) is 1. The van der Waals surface area contributed by atoms with Gasteiger partial charge in [0.15, 0.2) is 0 Å². The largest absolute Gasteiger partial charge is 0.444 e. The monoisotopic (exact) mass is 475 g/mol. The first-order valence-electron chi connectivity index (χ1n) is 9.97. The summed E-state index contributed by atoms with van der Waals surface area (Å²) in [5.74, 6) is -0.0672. The average Bonchev–Trinajstić information content (AvgIpc) is 2.68. The minimum Gasteiger partial charge on any atom is -0.444 e. The minimum atomic E-state index is -0.581. The van der Waals surface area contributed by atoms with Crippen molar-refractivity contribution in [1.82, 2.24) is 14.9 Å². The molecule has 2 aromatic heterocycles. The van der Waals surface area contributed by atoms with E-state index in [4.69, 9.17) is 9.72 Å². The molecule has 4 rings (SSSR count). The van der Waals surface area contributed by atoms with Crippen LogP contribution in [0.25, 0.3) is 11.0 Å². The molecule has 0 bridgehead atoms. The van der Waals surface area contributed by atoms with Gasteiger partial charge < -0.3 is 19.4 Å². The van der Waals surface area contributed by atoms with E-state index in [1.165, 1.54) is 0 Å². The van der Waals surface area contributed by atoms with Crippen molar-refractivity contribution in [2.24, 2.45) is 0 Å². The van der Waals surface area contributed by atoms with Crippen LogP contribution in [-0.2, 0) is 9.53 Å². The van der Waals surface area contributed by atoms with E-state index in [0.29, 0.717) is 13.1 Å². The summed E-state index contributed by atoms with van der Waals surface area (Å²) >= 11 is 3.60. The zero-order valence-electron chi connectivity index (χ0n) is 18.1. The Labute approximate surface area is 184 Å². The van der Waals surface area contributed by atoms with Crippen LogP contribution in [0, 0.1) is 13.8 Å². The van der Waals surface area contributed by atoms with Gasteiger partial charge in [-0.15, -0.1) is 0 Å². The third-order valence-electron chi connectivity index (χ3n) is 5.59. The fourth-order valence-corrected chi connectivity index (χ4v) is 4.36. The maximum atomic E-state index is 13.1. The highest BCUT2D eigenvalue weighted by atomic mass is 79.9. The molecule has 0 spiro atoms. The van der Waals surface area contributed by atoms with E-state index in [1.807, 2.05) is 34.6 Å². The topological polar surface area (TPSA) is 78.9 Å². The Kier molecular flexibility index (Phi) is 4.91. The highest BCUT2D eigenvalue weighted by Crippen LogP contribution is 2.42.